The van der Waals surface area contributed by atoms with Gasteiger partial charge in [0.05, 0.1) is 25.6 Å². The zero-order chi connectivity index (χ0) is 18.5. The molecule has 0 aliphatic rings. The van der Waals surface area contributed by atoms with Crippen molar-refractivity contribution in [3.05, 3.63) is 54.4 Å². The predicted molar refractivity (Wildman–Crippen MR) is 104 cm³/mol. The summed E-state index contributed by atoms with van der Waals surface area (Å²) < 4.78 is 10.7. The zero-order valence-electron chi connectivity index (χ0n) is 14.9. The molecule has 0 fully saturated rings. The Labute approximate surface area is 152 Å². The Balaban J connectivity index is 1.92. The van der Waals surface area contributed by atoms with Crippen LogP contribution in [0.15, 0.2) is 48.8 Å². The van der Waals surface area contributed by atoms with Crippen molar-refractivity contribution in [3.63, 3.8) is 0 Å². The molecule has 7 heteroatoms. The van der Waals surface area contributed by atoms with Crippen molar-refractivity contribution in [3.8, 4) is 11.5 Å². The summed E-state index contributed by atoms with van der Waals surface area (Å²) >= 11 is 0. The van der Waals surface area contributed by atoms with E-state index >= 15 is 0 Å². The van der Waals surface area contributed by atoms with Crippen molar-refractivity contribution in [2.45, 2.75) is 6.92 Å². The molecule has 0 aliphatic carbocycles. The van der Waals surface area contributed by atoms with E-state index < -0.39 is 0 Å². The second-order valence-corrected chi connectivity index (χ2v) is 5.64. The number of nitrogens with zero attached hydrogens (tertiary/aromatic N) is 2. The first-order valence-electron chi connectivity index (χ1n) is 8.04. The number of hydrogen-bond donors (Lipinski definition) is 3. The Morgan fingerprint density at radius 2 is 1.46 bits per heavy atom. The van der Waals surface area contributed by atoms with Gasteiger partial charge in [-0.2, -0.15) is 0 Å². The van der Waals surface area contributed by atoms with E-state index in [0.29, 0.717) is 28.8 Å². The van der Waals surface area contributed by atoms with E-state index in [2.05, 4.69) is 20.6 Å². The molecule has 26 heavy (non-hydrogen) atoms. The number of aryl methyl sites for hydroxylation is 1. The molecule has 1 aromatic heterocycles. The molecule has 0 radical (unpaired) electrons. The number of hydrogen-bond acceptors (Lipinski definition) is 7. The summed E-state index contributed by atoms with van der Waals surface area (Å²) in [6.45, 7) is 2.00. The van der Waals surface area contributed by atoms with Crippen LogP contribution in [0.5, 0.6) is 11.5 Å². The van der Waals surface area contributed by atoms with E-state index in [-0.39, 0.29) is 0 Å². The summed E-state index contributed by atoms with van der Waals surface area (Å²) in [6.07, 6.45) is 1.44. The van der Waals surface area contributed by atoms with E-state index in [1.165, 1.54) is 6.33 Å². The summed E-state index contributed by atoms with van der Waals surface area (Å²) in [5.41, 5.74) is 9.29. The molecule has 1 heterocycles. The number of nitrogens with two attached hydrogens (primary N) is 1. The molecule has 7 nitrogen and oxygen atoms in total. The number of methoxy groups -OCH3 is 2. The maximum absolute atomic E-state index is 6.27. The number of nitrogens with one attached hydrogen (secondary N) is 2. The van der Waals surface area contributed by atoms with Crippen molar-refractivity contribution in [1.29, 1.82) is 0 Å². The minimum absolute atomic E-state index is 0.391. The van der Waals surface area contributed by atoms with Gasteiger partial charge < -0.3 is 25.8 Å². The van der Waals surface area contributed by atoms with E-state index in [9.17, 15) is 0 Å². The number of para-hydroxylation sites is 2. The molecule has 4 N–H and O–H groups in total. The van der Waals surface area contributed by atoms with Crippen LogP contribution in [0.2, 0.25) is 0 Å². The lowest BCUT2D eigenvalue weighted by Gasteiger charge is -2.15. The summed E-state index contributed by atoms with van der Waals surface area (Å²) in [5.74, 6) is 2.37. The van der Waals surface area contributed by atoms with Gasteiger partial charge in [-0.1, -0.05) is 18.2 Å². The normalized spacial score (nSPS) is 10.3. The number of benzene rings is 2. The highest BCUT2D eigenvalue weighted by Crippen LogP contribution is 2.34. The van der Waals surface area contributed by atoms with E-state index in [1.54, 1.807) is 14.2 Å². The van der Waals surface area contributed by atoms with Crippen LogP contribution in [-0.2, 0) is 0 Å². The molecule has 3 aromatic rings. The number of ether oxygens (including phenoxy) is 2. The molecule has 0 spiro atoms. The average Bonchev–Trinajstić information content (AvgIpc) is 2.65. The third-order valence-corrected chi connectivity index (χ3v) is 3.85. The molecule has 0 saturated carbocycles. The van der Waals surface area contributed by atoms with Crippen LogP contribution in [0, 0.1) is 6.92 Å². The average molecular weight is 351 g/mol. The molecule has 0 amide bonds. The molecule has 0 bridgehead atoms. The van der Waals surface area contributed by atoms with Gasteiger partial charge in [-0.25, -0.2) is 9.97 Å². The van der Waals surface area contributed by atoms with Crippen molar-refractivity contribution < 1.29 is 9.47 Å². The van der Waals surface area contributed by atoms with Gasteiger partial charge in [-0.15, -0.1) is 0 Å². The minimum atomic E-state index is 0.391. The van der Waals surface area contributed by atoms with Crippen LogP contribution in [-0.4, -0.2) is 24.2 Å². The molecule has 134 valence electrons. The lowest BCUT2D eigenvalue weighted by atomic mass is 10.2. The number of aromatic nitrogens is 2. The maximum Gasteiger partial charge on any atom is 0.159 e. The second-order valence-electron chi connectivity index (χ2n) is 5.64. The minimum Gasteiger partial charge on any atom is -0.495 e. The molecule has 0 unspecified atom stereocenters. The van der Waals surface area contributed by atoms with Crippen LogP contribution in [0.1, 0.15) is 5.56 Å². The molecule has 2 aromatic carbocycles. The first-order valence-corrected chi connectivity index (χ1v) is 8.04. The van der Waals surface area contributed by atoms with Crippen LogP contribution in [0.3, 0.4) is 0 Å². The third-order valence-electron chi connectivity index (χ3n) is 3.85. The second kappa shape index (κ2) is 7.60. The van der Waals surface area contributed by atoms with Gasteiger partial charge in [0.2, 0.25) is 0 Å². The summed E-state index contributed by atoms with van der Waals surface area (Å²) in [5, 5.41) is 6.40. The fraction of sp³-hybridized carbons (Fsp3) is 0.158. The van der Waals surface area contributed by atoms with Gasteiger partial charge in [0.1, 0.15) is 23.5 Å². The highest BCUT2D eigenvalue weighted by Gasteiger charge is 2.12. The lowest BCUT2D eigenvalue weighted by molar-refractivity contribution is 0.416. The van der Waals surface area contributed by atoms with E-state index in [0.717, 1.165) is 16.9 Å². The first kappa shape index (κ1) is 17.3. The zero-order valence-corrected chi connectivity index (χ0v) is 14.9. The van der Waals surface area contributed by atoms with Gasteiger partial charge in [-0.3, -0.25) is 0 Å². The SMILES string of the molecule is COc1ccccc1Nc1ncnc(Nc2cc(C)ccc2OC)c1N. The van der Waals surface area contributed by atoms with E-state index in [4.69, 9.17) is 15.2 Å². The fourth-order valence-corrected chi connectivity index (χ4v) is 2.52. The quantitative estimate of drug-likeness (QED) is 0.620. The number of nitrogen functional groups attached to an aromatic ring is 1. The molecule has 0 saturated heterocycles. The van der Waals surface area contributed by atoms with Crippen molar-refractivity contribution in [2.24, 2.45) is 0 Å². The summed E-state index contributed by atoms with van der Waals surface area (Å²) in [7, 11) is 3.23. The molecular formula is C19H21N5O2. The number of anilines is 5. The van der Waals surface area contributed by atoms with Gasteiger partial charge in [0.15, 0.2) is 11.6 Å². The Bertz CT molecular complexity index is 914. The van der Waals surface area contributed by atoms with Crippen molar-refractivity contribution >= 4 is 28.7 Å². The summed E-state index contributed by atoms with van der Waals surface area (Å²) in [6, 6.07) is 13.4. The van der Waals surface area contributed by atoms with Crippen molar-refractivity contribution in [1.82, 2.24) is 9.97 Å². The molecule has 0 aliphatic heterocycles. The standard InChI is InChI=1S/C19H21N5O2/c1-12-8-9-16(26-3)14(10-12)24-19-17(20)18(21-11-22-19)23-13-6-4-5-7-15(13)25-2/h4-11H,20H2,1-3H3,(H2,21,22,23,24). The predicted octanol–water partition coefficient (Wildman–Crippen LogP) is 3.87. The monoisotopic (exact) mass is 351 g/mol. The maximum atomic E-state index is 6.27. The van der Waals surface area contributed by atoms with Crippen LogP contribution in [0.4, 0.5) is 28.7 Å². The van der Waals surface area contributed by atoms with Gasteiger partial charge >= 0.3 is 0 Å². The summed E-state index contributed by atoms with van der Waals surface area (Å²) in [4.78, 5) is 8.49. The smallest absolute Gasteiger partial charge is 0.159 e. The van der Waals surface area contributed by atoms with Crippen LogP contribution < -0.4 is 25.8 Å². The Morgan fingerprint density at radius 3 is 2.15 bits per heavy atom. The largest absolute Gasteiger partial charge is 0.495 e. The lowest BCUT2D eigenvalue weighted by Crippen LogP contribution is -2.06. The van der Waals surface area contributed by atoms with E-state index in [1.807, 2.05) is 49.4 Å². The molecule has 3 rings (SSSR count). The Hall–Kier alpha value is -3.48. The van der Waals surface area contributed by atoms with Gasteiger partial charge in [0.25, 0.3) is 0 Å². The third kappa shape index (κ3) is 3.61. The molecular weight excluding hydrogens is 330 g/mol. The highest BCUT2D eigenvalue weighted by atomic mass is 16.5. The number of rotatable bonds is 6. The Morgan fingerprint density at radius 1 is 0.846 bits per heavy atom. The van der Waals surface area contributed by atoms with Gasteiger partial charge in [0, 0.05) is 0 Å². The molecule has 0 atom stereocenters. The van der Waals surface area contributed by atoms with Crippen LogP contribution in [0.25, 0.3) is 0 Å². The fourth-order valence-electron chi connectivity index (χ4n) is 2.52. The topological polar surface area (TPSA) is 94.3 Å². The first-order chi connectivity index (χ1) is 12.6. The van der Waals surface area contributed by atoms with Gasteiger partial charge in [-0.05, 0) is 36.8 Å². The van der Waals surface area contributed by atoms with Crippen molar-refractivity contribution in [2.75, 3.05) is 30.6 Å². The van der Waals surface area contributed by atoms with Crippen LogP contribution >= 0.6 is 0 Å². The highest BCUT2D eigenvalue weighted by molar-refractivity contribution is 5.82. The Kier molecular flexibility index (Phi) is 5.07.